The van der Waals surface area contributed by atoms with Crippen LogP contribution in [0.2, 0.25) is 0 Å². The van der Waals surface area contributed by atoms with Crippen LogP contribution in [-0.4, -0.2) is 13.2 Å². The van der Waals surface area contributed by atoms with Crippen LogP contribution in [0.25, 0.3) is 11.0 Å². The van der Waals surface area contributed by atoms with Crippen molar-refractivity contribution in [3.8, 4) is 5.75 Å². The molecule has 2 heterocycles. The first kappa shape index (κ1) is 12.2. The van der Waals surface area contributed by atoms with Gasteiger partial charge < -0.3 is 13.9 Å². The second-order valence-corrected chi connectivity index (χ2v) is 4.62. The van der Waals surface area contributed by atoms with Crippen LogP contribution in [0, 0.1) is 0 Å². The summed E-state index contributed by atoms with van der Waals surface area (Å²) >= 11 is 0. The summed E-state index contributed by atoms with van der Waals surface area (Å²) in [6.45, 7) is 3.22. The molecule has 0 bridgehead atoms. The van der Waals surface area contributed by atoms with Gasteiger partial charge in [-0.15, -0.1) is 0 Å². The van der Waals surface area contributed by atoms with E-state index in [0.29, 0.717) is 30.1 Å². The minimum absolute atomic E-state index is 0.118. The van der Waals surface area contributed by atoms with E-state index in [1.165, 1.54) is 0 Å². The minimum atomic E-state index is -0.312. The van der Waals surface area contributed by atoms with Crippen molar-refractivity contribution in [1.82, 2.24) is 0 Å². The van der Waals surface area contributed by atoms with E-state index >= 15 is 0 Å². The SMILES string of the molecule is CCOc1ccc2cc(C3CCCO3)c(=O)oc2c1. The average molecular weight is 260 g/mol. The molecule has 1 aliphatic rings. The van der Waals surface area contributed by atoms with Crippen molar-refractivity contribution in [3.63, 3.8) is 0 Å². The molecule has 0 spiro atoms. The second-order valence-electron chi connectivity index (χ2n) is 4.62. The molecule has 4 nitrogen and oxygen atoms in total. The molecule has 0 radical (unpaired) electrons. The standard InChI is InChI=1S/C15H16O4/c1-2-17-11-6-5-10-8-12(13-4-3-7-18-13)15(16)19-14(10)9-11/h5-6,8-9,13H,2-4,7H2,1H3. The molecule has 19 heavy (non-hydrogen) atoms. The van der Waals surface area contributed by atoms with Gasteiger partial charge in [0.15, 0.2) is 0 Å². The Kier molecular flexibility index (Phi) is 3.25. The molecule has 1 aliphatic heterocycles. The maximum atomic E-state index is 12.0. The molecule has 1 aromatic heterocycles. The number of hydrogen-bond donors (Lipinski definition) is 0. The summed E-state index contributed by atoms with van der Waals surface area (Å²) in [6, 6.07) is 7.40. The first-order valence-corrected chi connectivity index (χ1v) is 6.60. The average Bonchev–Trinajstić information content (AvgIpc) is 2.92. The third-order valence-electron chi connectivity index (χ3n) is 3.32. The second kappa shape index (κ2) is 5.05. The van der Waals surface area contributed by atoms with Crippen LogP contribution >= 0.6 is 0 Å². The van der Waals surface area contributed by atoms with Crippen LogP contribution in [0.4, 0.5) is 0 Å². The molecule has 1 aromatic carbocycles. The fourth-order valence-corrected chi connectivity index (χ4v) is 2.41. The van der Waals surface area contributed by atoms with Gasteiger partial charge in [-0.05, 0) is 38.0 Å². The predicted octanol–water partition coefficient (Wildman–Crippen LogP) is 3.04. The van der Waals surface area contributed by atoms with Crippen LogP contribution in [0.15, 0.2) is 33.5 Å². The first-order valence-electron chi connectivity index (χ1n) is 6.60. The molecule has 4 heteroatoms. The van der Waals surface area contributed by atoms with E-state index in [1.807, 2.05) is 25.1 Å². The highest BCUT2D eigenvalue weighted by Gasteiger charge is 2.22. The number of ether oxygens (including phenoxy) is 2. The normalized spacial score (nSPS) is 18.9. The molecule has 2 aromatic rings. The zero-order valence-corrected chi connectivity index (χ0v) is 10.8. The fraction of sp³-hybridized carbons (Fsp3) is 0.400. The van der Waals surface area contributed by atoms with Crippen molar-refractivity contribution < 1.29 is 13.9 Å². The van der Waals surface area contributed by atoms with Crippen LogP contribution in [-0.2, 0) is 4.74 Å². The Morgan fingerprint density at radius 3 is 3.00 bits per heavy atom. The zero-order valence-electron chi connectivity index (χ0n) is 10.8. The zero-order chi connectivity index (χ0) is 13.2. The quantitative estimate of drug-likeness (QED) is 0.796. The number of hydrogen-bond acceptors (Lipinski definition) is 4. The van der Waals surface area contributed by atoms with Crippen LogP contribution in [0.1, 0.15) is 31.4 Å². The lowest BCUT2D eigenvalue weighted by Crippen LogP contribution is -2.11. The summed E-state index contributed by atoms with van der Waals surface area (Å²) in [5, 5.41) is 0.897. The minimum Gasteiger partial charge on any atom is -0.494 e. The van der Waals surface area contributed by atoms with E-state index in [9.17, 15) is 4.79 Å². The molecule has 1 saturated heterocycles. The monoisotopic (exact) mass is 260 g/mol. The van der Waals surface area contributed by atoms with Crippen LogP contribution in [0.3, 0.4) is 0 Å². The summed E-state index contributed by atoms with van der Waals surface area (Å²) in [7, 11) is 0. The van der Waals surface area contributed by atoms with Gasteiger partial charge in [0.25, 0.3) is 0 Å². The highest BCUT2D eigenvalue weighted by Crippen LogP contribution is 2.29. The Morgan fingerprint density at radius 2 is 2.26 bits per heavy atom. The van der Waals surface area contributed by atoms with Crippen molar-refractivity contribution in [2.45, 2.75) is 25.9 Å². The summed E-state index contributed by atoms with van der Waals surface area (Å²) in [5.74, 6) is 0.711. The van der Waals surface area contributed by atoms with Crippen molar-refractivity contribution in [3.05, 3.63) is 40.2 Å². The van der Waals surface area contributed by atoms with Gasteiger partial charge in [-0.3, -0.25) is 0 Å². The Bertz CT molecular complexity index is 638. The van der Waals surface area contributed by atoms with E-state index in [4.69, 9.17) is 13.9 Å². The highest BCUT2D eigenvalue weighted by molar-refractivity contribution is 5.78. The number of rotatable bonds is 3. The number of benzene rings is 1. The van der Waals surface area contributed by atoms with Gasteiger partial charge in [-0.2, -0.15) is 0 Å². The molecule has 1 unspecified atom stereocenters. The number of fused-ring (bicyclic) bond motifs is 1. The molecule has 100 valence electrons. The predicted molar refractivity (Wildman–Crippen MR) is 71.6 cm³/mol. The molecule has 0 aliphatic carbocycles. The lowest BCUT2D eigenvalue weighted by Gasteiger charge is -2.09. The van der Waals surface area contributed by atoms with Gasteiger partial charge in [0.2, 0.25) is 0 Å². The lowest BCUT2D eigenvalue weighted by molar-refractivity contribution is 0.109. The van der Waals surface area contributed by atoms with Gasteiger partial charge in [-0.1, -0.05) is 0 Å². The summed E-state index contributed by atoms with van der Waals surface area (Å²) < 4.78 is 16.3. The molecular weight excluding hydrogens is 244 g/mol. The smallest absolute Gasteiger partial charge is 0.342 e. The van der Waals surface area contributed by atoms with Crippen molar-refractivity contribution >= 4 is 11.0 Å². The van der Waals surface area contributed by atoms with Gasteiger partial charge in [0, 0.05) is 18.1 Å². The molecular formula is C15H16O4. The fourth-order valence-electron chi connectivity index (χ4n) is 2.41. The Morgan fingerprint density at radius 1 is 1.37 bits per heavy atom. The van der Waals surface area contributed by atoms with E-state index < -0.39 is 0 Å². The molecule has 1 atom stereocenters. The van der Waals surface area contributed by atoms with E-state index in [2.05, 4.69) is 0 Å². The first-order chi connectivity index (χ1) is 9.28. The highest BCUT2D eigenvalue weighted by atomic mass is 16.5. The molecule has 0 N–H and O–H groups in total. The molecule has 0 saturated carbocycles. The lowest BCUT2D eigenvalue weighted by atomic mass is 10.1. The van der Waals surface area contributed by atoms with E-state index in [-0.39, 0.29) is 11.7 Å². The van der Waals surface area contributed by atoms with Crippen molar-refractivity contribution in [2.24, 2.45) is 0 Å². The molecule has 3 rings (SSSR count). The Labute approximate surface area is 110 Å². The van der Waals surface area contributed by atoms with Gasteiger partial charge in [0.1, 0.15) is 11.3 Å². The van der Waals surface area contributed by atoms with Crippen LogP contribution in [0.5, 0.6) is 5.75 Å². The summed E-state index contributed by atoms with van der Waals surface area (Å²) in [5.41, 5.74) is 0.861. The summed E-state index contributed by atoms with van der Waals surface area (Å²) in [4.78, 5) is 12.0. The Hall–Kier alpha value is -1.81. The van der Waals surface area contributed by atoms with Crippen molar-refractivity contribution in [1.29, 1.82) is 0 Å². The van der Waals surface area contributed by atoms with E-state index in [0.717, 1.165) is 18.2 Å². The van der Waals surface area contributed by atoms with E-state index in [1.54, 1.807) is 6.07 Å². The van der Waals surface area contributed by atoms with Crippen molar-refractivity contribution in [2.75, 3.05) is 13.2 Å². The van der Waals surface area contributed by atoms with Crippen LogP contribution < -0.4 is 10.4 Å². The summed E-state index contributed by atoms with van der Waals surface area (Å²) in [6.07, 6.45) is 1.76. The topological polar surface area (TPSA) is 48.7 Å². The van der Waals surface area contributed by atoms with Gasteiger partial charge in [0.05, 0.1) is 18.3 Å². The Balaban J connectivity index is 2.05. The molecule has 0 amide bonds. The maximum Gasteiger partial charge on any atom is 0.342 e. The molecule has 1 fully saturated rings. The third kappa shape index (κ3) is 2.36. The largest absolute Gasteiger partial charge is 0.494 e. The van der Waals surface area contributed by atoms with Gasteiger partial charge >= 0.3 is 5.63 Å². The van der Waals surface area contributed by atoms with Gasteiger partial charge in [-0.25, -0.2) is 4.79 Å². The maximum absolute atomic E-state index is 12.0. The third-order valence-corrected chi connectivity index (χ3v) is 3.32.